The van der Waals surface area contributed by atoms with Gasteiger partial charge in [-0.15, -0.1) is 0 Å². The maximum absolute atomic E-state index is 3.80. The van der Waals surface area contributed by atoms with Gasteiger partial charge in [-0.25, -0.2) is 0 Å². The number of hydrogen-bond donors (Lipinski definition) is 2. The van der Waals surface area contributed by atoms with E-state index in [0.29, 0.717) is 5.54 Å². The summed E-state index contributed by atoms with van der Waals surface area (Å²) in [5, 5.41) is 7.26. The Balaban J connectivity index is 1.72. The van der Waals surface area contributed by atoms with Crippen molar-refractivity contribution < 1.29 is 0 Å². The Kier molecular flexibility index (Phi) is 3.40. The molecular formula is C16H24N2. The van der Waals surface area contributed by atoms with Gasteiger partial charge in [0.2, 0.25) is 0 Å². The molecule has 18 heavy (non-hydrogen) atoms. The van der Waals surface area contributed by atoms with Crippen LogP contribution in [0.5, 0.6) is 0 Å². The monoisotopic (exact) mass is 244 g/mol. The minimum absolute atomic E-state index is 0.385. The van der Waals surface area contributed by atoms with E-state index in [9.17, 15) is 0 Å². The lowest BCUT2D eigenvalue weighted by atomic mass is 9.94. The molecular weight excluding hydrogens is 220 g/mol. The highest BCUT2D eigenvalue weighted by Crippen LogP contribution is 2.29. The first kappa shape index (κ1) is 12.2. The lowest BCUT2D eigenvalue weighted by molar-refractivity contribution is 0.362. The SMILES string of the molecule is CC1(NCc2cccc3c2CCNC3)CCCC1. The molecule has 0 bridgehead atoms. The first-order chi connectivity index (χ1) is 8.77. The summed E-state index contributed by atoms with van der Waals surface area (Å²) >= 11 is 0. The van der Waals surface area contributed by atoms with Crippen LogP contribution in [0.1, 0.15) is 49.3 Å². The van der Waals surface area contributed by atoms with E-state index in [2.05, 4.69) is 35.8 Å². The van der Waals surface area contributed by atoms with E-state index >= 15 is 0 Å². The van der Waals surface area contributed by atoms with Crippen LogP contribution in [0.3, 0.4) is 0 Å². The minimum atomic E-state index is 0.385. The quantitative estimate of drug-likeness (QED) is 0.854. The number of rotatable bonds is 3. The van der Waals surface area contributed by atoms with Gasteiger partial charge in [0.1, 0.15) is 0 Å². The van der Waals surface area contributed by atoms with Crippen LogP contribution in [0, 0.1) is 0 Å². The van der Waals surface area contributed by atoms with E-state index in [1.807, 2.05) is 0 Å². The molecule has 2 aliphatic rings. The van der Waals surface area contributed by atoms with Crippen LogP contribution >= 0.6 is 0 Å². The summed E-state index contributed by atoms with van der Waals surface area (Å²) in [6.07, 6.45) is 6.64. The van der Waals surface area contributed by atoms with Crippen LogP contribution < -0.4 is 10.6 Å². The Labute approximate surface area is 110 Å². The van der Waals surface area contributed by atoms with Crippen LogP contribution in [-0.2, 0) is 19.5 Å². The van der Waals surface area contributed by atoms with E-state index in [1.54, 1.807) is 5.56 Å². The predicted octanol–water partition coefficient (Wildman–Crippen LogP) is 2.75. The van der Waals surface area contributed by atoms with Crippen molar-refractivity contribution in [3.05, 3.63) is 34.9 Å². The standard InChI is InChI=1S/C16H24N2/c1-16(8-2-3-9-16)18-12-14-6-4-5-13-11-17-10-7-15(13)14/h4-6,17-18H,2-3,7-12H2,1H3. The topological polar surface area (TPSA) is 24.1 Å². The van der Waals surface area contributed by atoms with Gasteiger partial charge in [0.05, 0.1) is 0 Å². The second kappa shape index (κ2) is 5.02. The third-order valence-electron chi connectivity index (χ3n) is 4.65. The molecule has 1 aromatic rings. The van der Waals surface area contributed by atoms with Crippen molar-refractivity contribution in [2.24, 2.45) is 0 Å². The molecule has 1 aliphatic heterocycles. The lowest BCUT2D eigenvalue weighted by Crippen LogP contribution is -2.39. The van der Waals surface area contributed by atoms with Gasteiger partial charge in [0.15, 0.2) is 0 Å². The smallest absolute Gasteiger partial charge is 0.0213 e. The molecule has 1 aromatic carbocycles. The fraction of sp³-hybridized carbons (Fsp3) is 0.625. The van der Waals surface area contributed by atoms with Gasteiger partial charge in [-0.2, -0.15) is 0 Å². The van der Waals surface area contributed by atoms with Crippen molar-refractivity contribution in [3.63, 3.8) is 0 Å². The molecule has 1 heterocycles. The molecule has 0 unspecified atom stereocenters. The molecule has 0 saturated heterocycles. The fourth-order valence-electron chi connectivity index (χ4n) is 3.42. The Morgan fingerprint density at radius 3 is 2.94 bits per heavy atom. The van der Waals surface area contributed by atoms with Gasteiger partial charge < -0.3 is 10.6 Å². The lowest BCUT2D eigenvalue weighted by Gasteiger charge is -2.27. The molecule has 1 fully saturated rings. The zero-order valence-corrected chi connectivity index (χ0v) is 11.4. The van der Waals surface area contributed by atoms with Crippen molar-refractivity contribution in [1.29, 1.82) is 0 Å². The minimum Gasteiger partial charge on any atom is -0.312 e. The van der Waals surface area contributed by atoms with Crippen molar-refractivity contribution >= 4 is 0 Å². The van der Waals surface area contributed by atoms with Gasteiger partial charge >= 0.3 is 0 Å². The summed E-state index contributed by atoms with van der Waals surface area (Å²) in [6, 6.07) is 6.78. The molecule has 0 aromatic heterocycles. The molecule has 0 atom stereocenters. The zero-order valence-electron chi connectivity index (χ0n) is 11.4. The maximum Gasteiger partial charge on any atom is 0.0213 e. The van der Waals surface area contributed by atoms with Gasteiger partial charge in [-0.3, -0.25) is 0 Å². The average molecular weight is 244 g/mol. The third kappa shape index (κ3) is 2.45. The molecule has 2 N–H and O–H groups in total. The Bertz CT molecular complexity index is 419. The molecule has 2 nitrogen and oxygen atoms in total. The number of fused-ring (bicyclic) bond motifs is 1. The molecule has 0 spiro atoms. The predicted molar refractivity (Wildman–Crippen MR) is 75.6 cm³/mol. The highest BCUT2D eigenvalue weighted by molar-refractivity contribution is 5.37. The molecule has 0 amide bonds. The van der Waals surface area contributed by atoms with E-state index in [0.717, 1.165) is 19.6 Å². The summed E-state index contributed by atoms with van der Waals surface area (Å²) in [4.78, 5) is 0. The Morgan fingerprint density at radius 1 is 1.28 bits per heavy atom. The van der Waals surface area contributed by atoms with Gasteiger partial charge in [0, 0.05) is 18.6 Å². The zero-order chi connectivity index (χ0) is 12.4. The van der Waals surface area contributed by atoms with Crippen LogP contribution in [0.15, 0.2) is 18.2 Å². The van der Waals surface area contributed by atoms with Crippen LogP contribution in [0.25, 0.3) is 0 Å². The van der Waals surface area contributed by atoms with Crippen LogP contribution in [0.4, 0.5) is 0 Å². The Morgan fingerprint density at radius 2 is 2.11 bits per heavy atom. The molecule has 0 radical (unpaired) electrons. The van der Waals surface area contributed by atoms with E-state index < -0.39 is 0 Å². The van der Waals surface area contributed by atoms with Crippen LogP contribution in [-0.4, -0.2) is 12.1 Å². The van der Waals surface area contributed by atoms with Gasteiger partial charge in [-0.1, -0.05) is 31.0 Å². The molecule has 3 rings (SSSR count). The van der Waals surface area contributed by atoms with Crippen molar-refractivity contribution in [3.8, 4) is 0 Å². The number of hydrogen-bond acceptors (Lipinski definition) is 2. The molecule has 1 saturated carbocycles. The maximum atomic E-state index is 3.80. The summed E-state index contributed by atoms with van der Waals surface area (Å²) < 4.78 is 0. The number of nitrogens with one attached hydrogen (secondary N) is 2. The number of benzene rings is 1. The highest BCUT2D eigenvalue weighted by Gasteiger charge is 2.27. The van der Waals surface area contributed by atoms with Gasteiger partial charge in [-0.05, 0) is 49.4 Å². The van der Waals surface area contributed by atoms with E-state index in [1.165, 1.54) is 43.2 Å². The van der Waals surface area contributed by atoms with Crippen molar-refractivity contribution in [1.82, 2.24) is 10.6 Å². The Hall–Kier alpha value is -0.860. The molecule has 98 valence electrons. The fourth-order valence-corrected chi connectivity index (χ4v) is 3.42. The third-order valence-corrected chi connectivity index (χ3v) is 4.65. The summed E-state index contributed by atoms with van der Waals surface area (Å²) in [5.74, 6) is 0. The van der Waals surface area contributed by atoms with E-state index in [-0.39, 0.29) is 0 Å². The average Bonchev–Trinajstić information content (AvgIpc) is 2.84. The first-order valence-corrected chi connectivity index (χ1v) is 7.32. The van der Waals surface area contributed by atoms with Crippen molar-refractivity contribution in [2.75, 3.05) is 6.54 Å². The van der Waals surface area contributed by atoms with Crippen molar-refractivity contribution in [2.45, 2.75) is 57.7 Å². The summed E-state index contributed by atoms with van der Waals surface area (Å²) in [5.41, 5.74) is 4.99. The largest absolute Gasteiger partial charge is 0.312 e. The molecule has 2 heteroatoms. The molecule has 1 aliphatic carbocycles. The van der Waals surface area contributed by atoms with Crippen LogP contribution in [0.2, 0.25) is 0 Å². The highest BCUT2D eigenvalue weighted by atomic mass is 15.0. The second-order valence-corrected chi connectivity index (χ2v) is 6.10. The summed E-state index contributed by atoms with van der Waals surface area (Å²) in [7, 11) is 0. The first-order valence-electron chi connectivity index (χ1n) is 7.32. The van der Waals surface area contributed by atoms with Gasteiger partial charge in [0.25, 0.3) is 0 Å². The normalized spacial score (nSPS) is 21.8. The van der Waals surface area contributed by atoms with E-state index in [4.69, 9.17) is 0 Å². The second-order valence-electron chi connectivity index (χ2n) is 6.10. The summed E-state index contributed by atoms with van der Waals surface area (Å²) in [6.45, 7) is 5.60.